The lowest BCUT2D eigenvalue weighted by molar-refractivity contribution is -0.140. The maximum absolute atomic E-state index is 12.0. The predicted octanol–water partition coefficient (Wildman–Crippen LogP) is 0.00230. The summed E-state index contributed by atoms with van der Waals surface area (Å²) in [5, 5.41) is 3.29. The van der Waals surface area contributed by atoms with Crippen LogP contribution in [0.3, 0.4) is 0 Å². The third kappa shape index (κ3) is 3.66. The summed E-state index contributed by atoms with van der Waals surface area (Å²) in [6, 6.07) is 0. The van der Waals surface area contributed by atoms with E-state index in [4.69, 9.17) is 9.47 Å². The molecular formula is C12H22N2O3. The minimum absolute atomic E-state index is 0.117. The predicted molar refractivity (Wildman–Crippen MR) is 63.8 cm³/mol. The zero-order chi connectivity index (χ0) is 12.1. The number of rotatable bonds is 4. The Hall–Kier alpha value is -0.650. The lowest BCUT2D eigenvalue weighted by Crippen LogP contribution is -2.42. The molecule has 0 saturated carbocycles. The summed E-state index contributed by atoms with van der Waals surface area (Å²) in [6.45, 7) is 4.06. The standard InChI is InChI=1S/C12H22N2O3/c1-14(12(15)11-3-2-7-17-11)6-4-10-9-13-5-8-16-10/h10-11,13H,2-9H2,1H3. The number of carbonyl (C=O) groups excluding carboxylic acids is 1. The van der Waals surface area contributed by atoms with E-state index < -0.39 is 0 Å². The monoisotopic (exact) mass is 242 g/mol. The van der Waals surface area contributed by atoms with Crippen molar-refractivity contribution in [1.82, 2.24) is 10.2 Å². The van der Waals surface area contributed by atoms with E-state index >= 15 is 0 Å². The van der Waals surface area contributed by atoms with Crippen LogP contribution in [0.5, 0.6) is 0 Å². The summed E-state index contributed by atoms with van der Waals surface area (Å²) in [6.07, 6.45) is 2.79. The van der Waals surface area contributed by atoms with E-state index in [1.165, 1.54) is 0 Å². The van der Waals surface area contributed by atoms with Crippen molar-refractivity contribution in [2.75, 3.05) is 39.9 Å². The topological polar surface area (TPSA) is 50.8 Å². The van der Waals surface area contributed by atoms with Gasteiger partial charge < -0.3 is 19.7 Å². The van der Waals surface area contributed by atoms with Crippen molar-refractivity contribution < 1.29 is 14.3 Å². The fourth-order valence-electron chi connectivity index (χ4n) is 2.27. The average molecular weight is 242 g/mol. The molecule has 2 heterocycles. The van der Waals surface area contributed by atoms with Gasteiger partial charge >= 0.3 is 0 Å². The Labute approximate surface area is 102 Å². The van der Waals surface area contributed by atoms with Gasteiger partial charge in [0.25, 0.3) is 5.91 Å². The Balaban J connectivity index is 1.68. The molecule has 0 radical (unpaired) electrons. The van der Waals surface area contributed by atoms with Crippen molar-refractivity contribution in [3.05, 3.63) is 0 Å². The Kier molecular flexibility index (Phi) is 4.76. The molecule has 2 saturated heterocycles. The first-order valence-corrected chi connectivity index (χ1v) is 6.46. The van der Waals surface area contributed by atoms with Crippen LogP contribution in [-0.4, -0.2) is 62.9 Å². The van der Waals surface area contributed by atoms with Gasteiger partial charge in [-0.1, -0.05) is 0 Å². The smallest absolute Gasteiger partial charge is 0.251 e. The van der Waals surface area contributed by atoms with Crippen LogP contribution < -0.4 is 5.32 Å². The second kappa shape index (κ2) is 6.33. The molecule has 0 spiro atoms. The third-order valence-electron chi connectivity index (χ3n) is 3.37. The molecule has 0 aliphatic carbocycles. The van der Waals surface area contributed by atoms with Gasteiger partial charge in [0.15, 0.2) is 0 Å². The van der Waals surface area contributed by atoms with Gasteiger partial charge in [0.05, 0.1) is 12.7 Å². The fourth-order valence-corrected chi connectivity index (χ4v) is 2.27. The van der Waals surface area contributed by atoms with Crippen LogP contribution in [0.25, 0.3) is 0 Å². The second-order valence-corrected chi connectivity index (χ2v) is 4.75. The first-order valence-electron chi connectivity index (χ1n) is 6.46. The van der Waals surface area contributed by atoms with Crippen molar-refractivity contribution in [2.45, 2.75) is 31.5 Å². The van der Waals surface area contributed by atoms with Crippen LogP contribution in [0, 0.1) is 0 Å². The average Bonchev–Trinajstić information content (AvgIpc) is 2.90. The van der Waals surface area contributed by atoms with Crippen molar-refractivity contribution >= 4 is 5.91 Å². The summed E-state index contributed by atoms with van der Waals surface area (Å²) in [7, 11) is 1.85. The number of morpholine rings is 1. The van der Waals surface area contributed by atoms with Crippen molar-refractivity contribution in [2.24, 2.45) is 0 Å². The third-order valence-corrected chi connectivity index (χ3v) is 3.37. The summed E-state index contributed by atoms with van der Waals surface area (Å²) < 4.78 is 11.0. The molecule has 2 aliphatic rings. The van der Waals surface area contributed by atoms with Crippen LogP contribution in [0.1, 0.15) is 19.3 Å². The Morgan fingerprint density at radius 1 is 1.41 bits per heavy atom. The molecular weight excluding hydrogens is 220 g/mol. The SMILES string of the molecule is CN(CCC1CNCCO1)C(=O)C1CCCO1. The zero-order valence-corrected chi connectivity index (χ0v) is 10.5. The van der Waals surface area contributed by atoms with Crippen molar-refractivity contribution in [3.8, 4) is 0 Å². The van der Waals surface area contributed by atoms with E-state index in [-0.39, 0.29) is 18.1 Å². The number of ether oxygens (including phenoxy) is 2. The van der Waals surface area contributed by atoms with E-state index in [1.54, 1.807) is 4.90 Å². The molecule has 2 atom stereocenters. The van der Waals surface area contributed by atoms with Gasteiger partial charge in [-0.15, -0.1) is 0 Å². The molecule has 0 aromatic heterocycles. The number of likely N-dealkylation sites (N-methyl/N-ethyl adjacent to an activating group) is 1. The van der Waals surface area contributed by atoms with Crippen LogP contribution in [-0.2, 0) is 14.3 Å². The van der Waals surface area contributed by atoms with Crippen LogP contribution >= 0.6 is 0 Å². The molecule has 98 valence electrons. The number of carbonyl (C=O) groups is 1. The Morgan fingerprint density at radius 2 is 2.29 bits per heavy atom. The molecule has 2 aliphatic heterocycles. The number of nitrogens with one attached hydrogen (secondary N) is 1. The highest BCUT2D eigenvalue weighted by molar-refractivity contribution is 5.80. The molecule has 1 amide bonds. The van der Waals surface area contributed by atoms with Gasteiger partial charge in [0.1, 0.15) is 6.10 Å². The minimum atomic E-state index is -0.203. The Morgan fingerprint density at radius 3 is 2.94 bits per heavy atom. The summed E-state index contributed by atoms with van der Waals surface area (Å²) >= 11 is 0. The highest BCUT2D eigenvalue weighted by Gasteiger charge is 2.26. The number of hydrogen-bond donors (Lipinski definition) is 1. The van der Waals surface area contributed by atoms with Gasteiger partial charge in [-0.2, -0.15) is 0 Å². The number of amides is 1. The first-order chi connectivity index (χ1) is 8.27. The fraction of sp³-hybridized carbons (Fsp3) is 0.917. The molecule has 17 heavy (non-hydrogen) atoms. The molecule has 2 unspecified atom stereocenters. The van der Waals surface area contributed by atoms with Gasteiger partial charge in [-0.3, -0.25) is 4.79 Å². The van der Waals surface area contributed by atoms with E-state index in [2.05, 4.69) is 5.32 Å². The van der Waals surface area contributed by atoms with Crippen LogP contribution in [0.4, 0.5) is 0 Å². The van der Waals surface area contributed by atoms with E-state index in [1.807, 2.05) is 7.05 Å². The van der Waals surface area contributed by atoms with E-state index in [0.29, 0.717) is 0 Å². The normalized spacial score (nSPS) is 29.2. The van der Waals surface area contributed by atoms with Gasteiger partial charge in [0, 0.05) is 33.3 Å². The minimum Gasteiger partial charge on any atom is -0.376 e. The molecule has 5 heteroatoms. The number of nitrogens with zero attached hydrogens (tertiary/aromatic N) is 1. The molecule has 2 rings (SSSR count). The lowest BCUT2D eigenvalue weighted by Gasteiger charge is -2.26. The van der Waals surface area contributed by atoms with Crippen molar-refractivity contribution in [3.63, 3.8) is 0 Å². The van der Waals surface area contributed by atoms with Crippen LogP contribution in [0.2, 0.25) is 0 Å². The summed E-state index contributed by atoms with van der Waals surface area (Å²) in [5.41, 5.74) is 0. The summed E-state index contributed by atoms with van der Waals surface area (Å²) in [4.78, 5) is 13.7. The molecule has 0 bridgehead atoms. The molecule has 0 aromatic carbocycles. The van der Waals surface area contributed by atoms with E-state index in [9.17, 15) is 4.79 Å². The zero-order valence-electron chi connectivity index (χ0n) is 10.5. The molecule has 0 aromatic rings. The summed E-state index contributed by atoms with van der Waals surface area (Å²) in [5.74, 6) is 0.117. The largest absolute Gasteiger partial charge is 0.376 e. The van der Waals surface area contributed by atoms with Gasteiger partial charge in [0.2, 0.25) is 0 Å². The van der Waals surface area contributed by atoms with Crippen molar-refractivity contribution in [1.29, 1.82) is 0 Å². The van der Waals surface area contributed by atoms with Gasteiger partial charge in [-0.25, -0.2) is 0 Å². The molecule has 2 fully saturated rings. The van der Waals surface area contributed by atoms with Gasteiger partial charge in [-0.05, 0) is 19.3 Å². The molecule has 1 N–H and O–H groups in total. The maximum Gasteiger partial charge on any atom is 0.251 e. The quantitative estimate of drug-likeness (QED) is 0.754. The lowest BCUT2D eigenvalue weighted by atomic mass is 10.2. The number of hydrogen-bond acceptors (Lipinski definition) is 4. The molecule has 5 nitrogen and oxygen atoms in total. The Bertz CT molecular complexity index is 248. The maximum atomic E-state index is 12.0. The first kappa shape index (κ1) is 12.8. The second-order valence-electron chi connectivity index (χ2n) is 4.75. The van der Waals surface area contributed by atoms with Crippen LogP contribution in [0.15, 0.2) is 0 Å². The highest BCUT2D eigenvalue weighted by atomic mass is 16.5. The van der Waals surface area contributed by atoms with E-state index in [0.717, 1.165) is 52.1 Å². The highest BCUT2D eigenvalue weighted by Crippen LogP contribution is 2.14.